The van der Waals surface area contributed by atoms with Gasteiger partial charge in [0.05, 0.1) is 19.1 Å². The molecule has 3 aliphatic rings. The van der Waals surface area contributed by atoms with Crippen molar-refractivity contribution in [3.05, 3.63) is 64.7 Å². The second-order valence-electron chi connectivity index (χ2n) is 10.1. The lowest BCUT2D eigenvalue weighted by molar-refractivity contribution is -0.147. The summed E-state index contributed by atoms with van der Waals surface area (Å²) in [5.74, 6) is -1.14. The predicted octanol–water partition coefficient (Wildman–Crippen LogP) is 2.62. The van der Waals surface area contributed by atoms with E-state index in [1.54, 1.807) is 13.0 Å². The molecule has 0 spiro atoms. The molecule has 1 aliphatic carbocycles. The molecule has 214 valence electrons. The standard InChI is InChI=1S/C28H34N4O8/c1-2-29-27(35)30-21-13-14-32(28(36)31-21)25-24-23(39-22(40-24)12-11-17-7-4-3-5-8-17)20(38-25)16-37-15-18-9-6-10-19(18)26(33)34/h3-5,7-8,11-14,18-20,22-25H,2,6,9-10,15-16H2,1H3,(H,33,34)(H2,29,30,31,35,36)/b12-11+/t18?,19?,20-,22+,23?,24+,25-/m1/s1. The number of hydrogen-bond acceptors (Lipinski definition) is 8. The Morgan fingerprint density at radius 2 is 1.93 bits per heavy atom. The molecule has 2 aromatic rings. The van der Waals surface area contributed by atoms with E-state index in [2.05, 4.69) is 15.6 Å². The molecule has 7 atom stereocenters. The monoisotopic (exact) mass is 554 g/mol. The summed E-state index contributed by atoms with van der Waals surface area (Å²) in [5.41, 5.74) is 0.362. The molecule has 0 bridgehead atoms. The molecule has 3 N–H and O–H groups in total. The van der Waals surface area contributed by atoms with Gasteiger partial charge in [0.25, 0.3) is 0 Å². The van der Waals surface area contributed by atoms with Crippen molar-refractivity contribution in [1.82, 2.24) is 14.9 Å². The van der Waals surface area contributed by atoms with Gasteiger partial charge < -0.3 is 29.4 Å². The average Bonchev–Trinajstić information content (AvgIpc) is 3.65. The van der Waals surface area contributed by atoms with Crippen molar-refractivity contribution in [1.29, 1.82) is 0 Å². The number of ether oxygens (including phenoxy) is 4. The number of urea groups is 1. The Labute approximate surface area is 231 Å². The van der Waals surface area contributed by atoms with Crippen LogP contribution in [-0.4, -0.2) is 71.0 Å². The summed E-state index contributed by atoms with van der Waals surface area (Å²) in [6.07, 6.45) is 4.29. The maximum absolute atomic E-state index is 12.9. The van der Waals surface area contributed by atoms with E-state index >= 15 is 0 Å². The first-order valence-electron chi connectivity index (χ1n) is 13.6. The van der Waals surface area contributed by atoms with Gasteiger partial charge >= 0.3 is 17.7 Å². The van der Waals surface area contributed by atoms with Gasteiger partial charge in [-0.15, -0.1) is 0 Å². The molecule has 1 saturated carbocycles. The van der Waals surface area contributed by atoms with Crippen LogP contribution in [0.2, 0.25) is 0 Å². The van der Waals surface area contributed by atoms with Gasteiger partial charge in [-0.3, -0.25) is 14.7 Å². The second kappa shape index (κ2) is 12.7. The molecule has 0 radical (unpaired) electrons. The number of carbonyl (C=O) groups is 2. The van der Waals surface area contributed by atoms with Crippen molar-refractivity contribution in [3.63, 3.8) is 0 Å². The van der Waals surface area contributed by atoms with Gasteiger partial charge in [-0.1, -0.05) is 42.8 Å². The molecule has 3 fully saturated rings. The van der Waals surface area contributed by atoms with Crippen molar-refractivity contribution < 1.29 is 33.6 Å². The van der Waals surface area contributed by atoms with E-state index < -0.39 is 54.4 Å². The number of amides is 2. The minimum atomic E-state index is -0.842. The zero-order chi connectivity index (χ0) is 28.1. The highest BCUT2D eigenvalue weighted by molar-refractivity contribution is 5.87. The Morgan fingerprint density at radius 3 is 2.67 bits per heavy atom. The van der Waals surface area contributed by atoms with Gasteiger partial charge in [-0.05, 0) is 43.4 Å². The van der Waals surface area contributed by atoms with Crippen molar-refractivity contribution >= 4 is 23.9 Å². The molecular weight excluding hydrogens is 520 g/mol. The number of aliphatic carboxylic acids is 1. The van der Waals surface area contributed by atoms with Crippen LogP contribution in [0.1, 0.15) is 38.0 Å². The van der Waals surface area contributed by atoms with E-state index in [4.69, 9.17) is 18.9 Å². The van der Waals surface area contributed by atoms with Crippen LogP contribution in [0.15, 0.2) is 53.5 Å². The molecule has 40 heavy (non-hydrogen) atoms. The number of carboxylic acids is 1. The fourth-order valence-corrected chi connectivity index (χ4v) is 5.46. The highest BCUT2D eigenvalue weighted by Crippen LogP contribution is 2.40. The first-order chi connectivity index (χ1) is 19.4. The Kier molecular flexibility index (Phi) is 8.90. The quantitative estimate of drug-likeness (QED) is 0.403. The molecule has 3 unspecified atom stereocenters. The number of benzene rings is 1. The summed E-state index contributed by atoms with van der Waals surface area (Å²) in [6, 6.07) is 10.8. The van der Waals surface area contributed by atoms with Crippen LogP contribution in [0.4, 0.5) is 10.6 Å². The number of fused-ring (bicyclic) bond motifs is 1. The molecule has 5 rings (SSSR count). The van der Waals surface area contributed by atoms with Crippen LogP contribution in [-0.2, 0) is 23.7 Å². The molecule has 1 aromatic heterocycles. The lowest BCUT2D eigenvalue weighted by atomic mass is 9.97. The van der Waals surface area contributed by atoms with Crippen LogP contribution in [0, 0.1) is 11.8 Å². The maximum Gasteiger partial charge on any atom is 0.351 e. The fraction of sp³-hybridized carbons (Fsp3) is 0.500. The predicted molar refractivity (Wildman–Crippen MR) is 143 cm³/mol. The van der Waals surface area contributed by atoms with Crippen molar-refractivity contribution in [2.24, 2.45) is 11.8 Å². The lowest BCUT2D eigenvalue weighted by Crippen LogP contribution is -2.35. The van der Waals surface area contributed by atoms with Crippen LogP contribution >= 0.6 is 0 Å². The molecule has 1 aromatic carbocycles. The largest absolute Gasteiger partial charge is 0.481 e. The number of nitrogens with zero attached hydrogens (tertiary/aromatic N) is 2. The Hall–Kier alpha value is -3.58. The third-order valence-electron chi connectivity index (χ3n) is 7.39. The van der Waals surface area contributed by atoms with E-state index in [-0.39, 0.29) is 18.3 Å². The highest BCUT2D eigenvalue weighted by atomic mass is 16.8. The molecule has 12 nitrogen and oxygen atoms in total. The maximum atomic E-state index is 12.9. The number of anilines is 1. The number of nitrogens with one attached hydrogen (secondary N) is 2. The van der Waals surface area contributed by atoms with Crippen LogP contribution in [0.25, 0.3) is 6.08 Å². The summed E-state index contributed by atoms with van der Waals surface area (Å²) in [7, 11) is 0. The average molecular weight is 555 g/mol. The Bertz CT molecular complexity index is 1270. The SMILES string of the molecule is CCNC(=O)Nc1ccn([C@@H]2O[C@H](COCC3CCCC3C(=O)O)C3O[C@H](/C=C/c4ccccc4)O[C@@H]32)c(=O)n1. The minimum absolute atomic E-state index is 0.0513. The highest BCUT2D eigenvalue weighted by Gasteiger charge is 2.53. The Balaban J connectivity index is 1.30. The van der Waals surface area contributed by atoms with Crippen molar-refractivity contribution in [2.45, 2.75) is 57.0 Å². The summed E-state index contributed by atoms with van der Waals surface area (Å²) in [6.45, 7) is 2.67. The number of aromatic nitrogens is 2. The first-order valence-corrected chi connectivity index (χ1v) is 13.6. The number of carboxylic acid groups (broad SMARTS) is 1. The first kappa shape index (κ1) is 28.0. The van der Waals surface area contributed by atoms with E-state index in [1.807, 2.05) is 36.4 Å². The summed E-state index contributed by atoms with van der Waals surface area (Å²) >= 11 is 0. The topological polar surface area (TPSA) is 150 Å². The molecule has 2 saturated heterocycles. The summed E-state index contributed by atoms with van der Waals surface area (Å²) < 4.78 is 25.8. The molecule has 2 amide bonds. The third kappa shape index (κ3) is 6.41. The summed E-state index contributed by atoms with van der Waals surface area (Å²) in [5, 5.41) is 14.6. The molecule has 3 heterocycles. The zero-order valence-electron chi connectivity index (χ0n) is 22.2. The van der Waals surface area contributed by atoms with Crippen LogP contribution < -0.4 is 16.3 Å². The van der Waals surface area contributed by atoms with Gasteiger partial charge in [-0.25, -0.2) is 9.59 Å². The van der Waals surface area contributed by atoms with Gasteiger partial charge in [0, 0.05) is 12.7 Å². The number of carbonyl (C=O) groups excluding carboxylic acids is 1. The van der Waals surface area contributed by atoms with Crippen molar-refractivity contribution in [2.75, 3.05) is 25.1 Å². The molecule has 12 heteroatoms. The summed E-state index contributed by atoms with van der Waals surface area (Å²) in [4.78, 5) is 40.3. The van der Waals surface area contributed by atoms with Crippen LogP contribution in [0.5, 0.6) is 0 Å². The van der Waals surface area contributed by atoms with E-state index in [0.717, 1.165) is 18.4 Å². The van der Waals surface area contributed by atoms with Crippen LogP contribution in [0.3, 0.4) is 0 Å². The number of rotatable bonds is 10. The van der Waals surface area contributed by atoms with Gasteiger partial charge in [0.15, 0.2) is 12.5 Å². The normalized spacial score (nSPS) is 29.5. The van der Waals surface area contributed by atoms with Gasteiger partial charge in [-0.2, -0.15) is 4.98 Å². The zero-order valence-corrected chi connectivity index (χ0v) is 22.2. The van der Waals surface area contributed by atoms with E-state index in [0.29, 0.717) is 19.6 Å². The van der Waals surface area contributed by atoms with Gasteiger partial charge in [0.2, 0.25) is 0 Å². The second-order valence-corrected chi connectivity index (χ2v) is 10.1. The Morgan fingerprint density at radius 1 is 1.12 bits per heavy atom. The minimum Gasteiger partial charge on any atom is -0.481 e. The van der Waals surface area contributed by atoms with Crippen molar-refractivity contribution in [3.8, 4) is 0 Å². The fourth-order valence-electron chi connectivity index (χ4n) is 5.46. The lowest BCUT2D eigenvalue weighted by Gasteiger charge is -2.22. The smallest absolute Gasteiger partial charge is 0.351 e. The third-order valence-corrected chi connectivity index (χ3v) is 7.39. The number of hydrogen-bond donors (Lipinski definition) is 3. The molecule has 2 aliphatic heterocycles. The van der Waals surface area contributed by atoms with E-state index in [9.17, 15) is 19.5 Å². The molecular formula is C28H34N4O8. The van der Waals surface area contributed by atoms with E-state index in [1.165, 1.54) is 16.8 Å². The van der Waals surface area contributed by atoms with Gasteiger partial charge in [0.1, 0.15) is 24.1 Å².